The first-order chi connectivity index (χ1) is 23.9. The van der Waals surface area contributed by atoms with E-state index in [1.807, 2.05) is 0 Å². The lowest BCUT2D eigenvalue weighted by Gasteiger charge is -2.39. The van der Waals surface area contributed by atoms with Crippen LogP contribution in [0.4, 0.5) is 24.8 Å². The van der Waals surface area contributed by atoms with Crippen molar-refractivity contribution in [1.29, 1.82) is 0 Å². The number of esters is 1. The normalized spacial score (nSPS) is 19.3. The van der Waals surface area contributed by atoms with Crippen molar-refractivity contribution in [2.24, 2.45) is 4.99 Å². The number of rotatable bonds is 8. The molecule has 5 rings (SSSR count). The molecule has 2 fully saturated rings. The van der Waals surface area contributed by atoms with Gasteiger partial charge in [-0.25, -0.2) is 18.4 Å². The molecule has 51 heavy (non-hydrogen) atoms. The van der Waals surface area contributed by atoms with Crippen molar-refractivity contribution in [3.8, 4) is 0 Å². The number of nitrogens with two attached hydrogens (primary N) is 2. The van der Waals surface area contributed by atoms with Gasteiger partial charge in [0.2, 0.25) is 10.0 Å². The van der Waals surface area contributed by atoms with Crippen LogP contribution in [0.1, 0.15) is 53.5 Å². The molecule has 0 radical (unpaired) electrons. The van der Waals surface area contributed by atoms with Crippen molar-refractivity contribution >= 4 is 62.9 Å². The van der Waals surface area contributed by atoms with E-state index in [-0.39, 0.29) is 71.4 Å². The number of hydrogen-bond donors (Lipinski definition) is 5. The predicted molar refractivity (Wildman–Crippen MR) is 175 cm³/mol. The van der Waals surface area contributed by atoms with E-state index in [1.54, 1.807) is 0 Å². The van der Waals surface area contributed by atoms with Gasteiger partial charge in [-0.2, -0.15) is 17.9 Å². The Morgan fingerprint density at radius 3 is 2.53 bits per heavy atom. The second kappa shape index (κ2) is 14.5. The number of piperidine rings is 1. The van der Waals surface area contributed by atoms with Crippen LogP contribution in [0.15, 0.2) is 34.2 Å². The maximum absolute atomic E-state index is 13.4. The van der Waals surface area contributed by atoms with Gasteiger partial charge in [-0.3, -0.25) is 29.5 Å². The van der Waals surface area contributed by atoms with Gasteiger partial charge in [-0.05, 0) is 50.8 Å². The van der Waals surface area contributed by atoms with Crippen LogP contribution in [-0.2, 0) is 24.3 Å². The van der Waals surface area contributed by atoms with Crippen molar-refractivity contribution in [2.75, 3.05) is 44.3 Å². The molecule has 1 spiro atoms. The van der Waals surface area contributed by atoms with Crippen molar-refractivity contribution in [3.63, 3.8) is 0 Å². The van der Waals surface area contributed by atoms with Gasteiger partial charge in [-0.1, -0.05) is 17.7 Å². The minimum Gasteiger partial charge on any atom is -0.454 e. The highest BCUT2D eigenvalue weighted by atomic mass is 35.5. The van der Waals surface area contributed by atoms with Crippen molar-refractivity contribution < 1.29 is 45.5 Å². The molecule has 0 saturated carbocycles. The van der Waals surface area contributed by atoms with E-state index in [1.165, 1.54) is 23.1 Å². The van der Waals surface area contributed by atoms with E-state index in [0.29, 0.717) is 24.3 Å². The molecule has 0 bridgehead atoms. The minimum absolute atomic E-state index is 0.0592. The molecule has 1 aromatic heterocycles. The van der Waals surface area contributed by atoms with Crippen LogP contribution in [0, 0.1) is 0 Å². The summed E-state index contributed by atoms with van der Waals surface area (Å²) in [6.45, 7) is 0.857. The quantitative estimate of drug-likeness (QED) is 0.230. The molecule has 4 heterocycles. The number of carbonyl (C=O) groups excluding carboxylic acids is 4. The second-order valence-electron chi connectivity index (χ2n) is 12.2. The zero-order chi connectivity index (χ0) is 37.3. The van der Waals surface area contributed by atoms with Gasteiger partial charge in [0.25, 0.3) is 17.7 Å². The Morgan fingerprint density at radius 1 is 1.14 bits per heavy atom. The first-order valence-corrected chi connectivity index (χ1v) is 17.4. The van der Waals surface area contributed by atoms with E-state index < -0.39 is 64.1 Å². The molecular weight excluding hydrogens is 725 g/mol. The highest BCUT2D eigenvalue weighted by molar-refractivity contribution is 7.89. The van der Waals surface area contributed by atoms with Gasteiger partial charge in [0.05, 0.1) is 17.0 Å². The van der Waals surface area contributed by atoms with Crippen LogP contribution in [0.25, 0.3) is 0 Å². The van der Waals surface area contributed by atoms with Crippen LogP contribution in [0.2, 0.25) is 5.15 Å². The maximum atomic E-state index is 13.4. The fourth-order valence-corrected chi connectivity index (χ4v) is 7.27. The molecule has 7 N–H and O–H groups in total. The largest absolute Gasteiger partial charge is 0.454 e. The van der Waals surface area contributed by atoms with E-state index in [0.717, 1.165) is 13.0 Å². The molecule has 0 aliphatic carbocycles. The van der Waals surface area contributed by atoms with Crippen LogP contribution in [0.5, 0.6) is 0 Å². The Balaban J connectivity index is 1.12. The molecule has 2 saturated heterocycles. The number of halogens is 4. The van der Waals surface area contributed by atoms with Crippen LogP contribution < -0.4 is 26.8 Å². The van der Waals surface area contributed by atoms with Gasteiger partial charge >= 0.3 is 12.1 Å². The Labute approximate surface area is 294 Å². The minimum atomic E-state index is -4.62. The fourth-order valence-electron chi connectivity index (χ4n) is 5.90. The van der Waals surface area contributed by atoms with Crippen LogP contribution >= 0.6 is 11.6 Å². The lowest BCUT2D eigenvalue weighted by molar-refractivity contribution is -0.185. The molecule has 3 aliphatic rings. The number of aliphatic imine (C=N–C) groups is 1. The molecular formula is C29H34ClF3N10O7S. The summed E-state index contributed by atoms with van der Waals surface area (Å²) in [6, 6.07) is 1.66. The number of alkyl halides is 3. The third kappa shape index (κ3) is 8.42. The number of ether oxygens (including phenoxy) is 1. The average Bonchev–Trinajstić information content (AvgIpc) is 3.73. The Hall–Kier alpha value is -4.76. The number of hydrogen-bond acceptors (Lipinski definition) is 13. The van der Waals surface area contributed by atoms with E-state index >= 15 is 0 Å². The highest BCUT2D eigenvalue weighted by Crippen LogP contribution is 2.33. The number of nitrogens with one attached hydrogen (secondary N) is 3. The van der Waals surface area contributed by atoms with E-state index in [2.05, 4.69) is 30.3 Å². The summed E-state index contributed by atoms with van der Waals surface area (Å²) in [7, 11) is -4.39. The Bertz CT molecular complexity index is 1870. The van der Waals surface area contributed by atoms with Crippen LogP contribution in [-0.4, -0.2) is 114 Å². The number of carbonyl (C=O) groups is 4. The van der Waals surface area contributed by atoms with E-state index in [9.17, 15) is 40.8 Å². The summed E-state index contributed by atoms with van der Waals surface area (Å²) in [4.78, 5) is 64.6. The third-order valence-electron chi connectivity index (χ3n) is 8.65. The molecule has 3 amide bonds. The molecule has 3 aliphatic heterocycles. The second-order valence-corrected chi connectivity index (χ2v) is 14.3. The van der Waals surface area contributed by atoms with Gasteiger partial charge in [0.1, 0.15) is 12.1 Å². The molecule has 2 aromatic rings. The van der Waals surface area contributed by atoms with Crippen molar-refractivity contribution in [2.45, 2.75) is 61.3 Å². The number of nitrogen functional groups attached to an aromatic ring is 2. The third-order valence-corrected chi connectivity index (χ3v) is 10.5. The summed E-state index contributed by atoms with van der Waals surface area (Å²) in [6.07, 6.45) is -3.87. The number of sulfonamides is 1. The molecule has 22 heteroatoms. The fraction of sp³-hybridized carbons (Fsp3) is 0.483. The summed E-state index contributed by atoms with van der Waals surface area (Å²) in [5, 5.41) is 5.58. The summed E-state index contributed by atoms with van der Waals surface area (Å²) in [5.74, 6) is -3.54. The topological polar surface area (TPSA) is 244 Å². The number of likely N-dealkylation sites (tertiary alicyclic amines) is 2. The van der Waals surface area contributed by atoms with Crippen molar-refractivity contribution in [1.82, 2.24) is 35.1 Å². The van der Waals surface area contributed by atoms with Gasteiger partial charge in [0.15, 0.2) is 35.0 Å². The lowest BCUT2D eigenvalue weighted by Crippen LogP contribution is -2.57. The average molecular weight is 759 g/mol. The van der Waals surface area contributed by atoms with Crippen LogP contribution in [0.3, 0.4) is 0 Å². The van der Waals surface area contributed by atoms with E-state index in [4.69, 9.17) is 27.8 Å². The monoisotopic (exact) mass is 758 g/mol. The number of anilines is 2. The highest BCUT2D eigenvalue weighted by Gasteiger charge is 2.48. The molecule has 2 atom stereocenters. The molecule has 17 nitrogen and oxygen atoms in total. The SMILES string of the molecule is CC(NS(=O)(=O)c1cccc(C(=O)N2CCC3(CC2)CN=C(NC(=O)c2nc(Cl)c(N)nc2N)N3)c1)C(=O)OCC(=O)N1CCCC1C(F)(F)F. The number of amides is 3. The molecule has 1 aromatic carbocycles. The maximum Gasteiger partial charge on any atom is 0.408 e. The summed E-state index contributed by atoms with van der Waals surface area (Å²) >= 11 is 5.86. The first kappa shape index (κ1) is 37.5. The number of guanidine groups is 1. The standard InChI is InChI=1S/C29H34ClF3N10O7S/c1-15(26(47)50-13-19(44)43-9-3-6-18(43)29(31,32)33)41-51(48,49)17-5-2-4-16(12-17)25(46)42-10-7-28(8-11-42)14-36-27(40-28)39-24(45)20-22(34)38-23(35)21(30)37-20/h2,4-5,12,15,18,41H,3,6-11,13-14H2,1H3,(H4,34,35,38)(H2,36,39,40,45). The lowest BCUT2D eigenvalue weighted by atomic mass is 9.88. The van der Waals surface area contributed by atoms with Gasteiger partial charge in [0, 0.05) is 25.2 Å². The molecule has 276 valence electrons. The molecule has 2 unspecified atom stereocenters. The zero-order valence-corrected chi connectivity index (χ0v) is 28.6. The van der Waals surface area contributed by atoms with Gasteiger partial charge < -0.3 is 31.3 Å². The smallest absolute Gasteiger partial charge is 0.408 e. The number of benzene rings is 1. The number of aromatic nitrogens is 2. The first-order valence-electron chi connectivity index (χ1n) is 15.6. The Kier molecular flexibility index (Phi) is 10.6. The summed E-state index contributed by atoms with van der Waals surface area (Å²) in [5.41, 5.74) is 10.6. The van der Waals surface area contributed by atoms with Gasteiger partial charge in [-0.15, -0.1) is 0 Å². The summed E-state index contributed by atoms with van der Waals surface area (Å²) < 4.78 is 72.7. The predicted octanol–water partition coefficient (Wildman–Crippen LogP) is 0.422. The van der Waals surface area contributed by atoms with Crippen molar-refractivity contribution in [3.05, 3.63) is 40.7 Å². The Morgan fingerprint density at radius 2 is 1.84 bits per heavy atom. The number of nitrogens with zero attached hydrogens (tertiary/aromatic N) is 5. The zero-order valence-electron chi connectivity index (χ0n) is 27.0.